The Hall–Kier alpha value is -1.02. The van der Waals surface area contributed by atoms with E-state index in [1.165, 1.54) is 24.2 Å². The Bertz CT molecular complexity index is 374. The van der Waals surface area contributed by atoms with Crippen LogP contribution in [0.1, 0.15) is 18.9 Å². The van der Waals surface area contributed by atoms with Gasteiger partial charge in [-0.1, -0.05) is 25.1 Å². The summed E-state index contributed by atoms with van der Waals surface area (Å²) < 4.78 is 0. The molecule has 1 aromatic rings. The molecule has 1 N–H and O–H groups in total. The summed E-state index contributed by atoms with van der Waals surface area (Å²) in [5.41, 5.74) is 3.15. The van der Waals surface area contributed by atoms with Crippen molar-refractivity contribution in [2.24, 2.45) is 0 Å². The molecule has 2 nitrogen and oxygen atoms in total. The molecule has 0 amide bonds. The van der Waals surface area contributed by atoms with Crippen LogP contribution in [-0.2, 0) is 5.41 Å². The smallest absolute Gasteiger partial charge is 0.0888 e. The molecule has 2 heteroatoms. The van der Waals surface area contributed by atoms with Gasteiger partial charge in [0.1, 0.15) is 0 Å². The lowest BCUT2D eigenvalue weighted by atomic mass is 9.81. The van der Waals surface area contributed by atoms with Gasteiger partial charge in [-0.25, -0.2) is 0 Å². The van der Waals surface area contributed by atoms with Crippen LogP contribution in [0.2, 0.25) is 0 Å². The van der Waals surface area contributed by atoms with Crippen LogP contribution in [0.25, 0.3) is 0 Å². The Labute approximate surface area is 84.9 Å². The second-order valence-corrected chi connectivity index (χ2v) is 4.74. The van der Waals surface area contributed by atoms with E-state index in [9.17, 15) is 0 Å². The van der Waals surface area contributed by atoms with Gasteiger partial charge in [-0.05, 0) is 25.1 Å². The first-order chi connectivity index (χ1) is 6.72. The van der Waals surface area contributed by atoms with Crippen LogP contribution in [0.4, 0.5) is 5.69 Å². The lowest BCUT2D eigenvalue weighted by molar-refractivity contribution is 0.297. The maximum absolute atomic E-state index is 3.61. The number of hydrogen-bond donors (Lipinski definition) is 1. The highest BCUT2D eigenvalue weighted by Gasteiger charge is 2.48. The van der Waals surface area contributed by atoms with Crippen molar-refractivity contribution in [2.45, 2.75) is 24.9 Å². The Morgan fingerprint density at radius 3 is 3.07 bits per heavy atom. The first-order valence-electron chi connectivity index (χ1n) is 5.28. The molecule has 1 aromatic carbocycles. The highest BCUT2D eigenvalue weighted by molar-refractivity contribution is 5.62. The summed E-state index contributed by atoms with van der Waals surface area (Å²) in [7, 11) is 2.20. The summed E-state index contributed by atoms with van der Waals surface area (Å²) in [5, 5.41) is 3.61. The van der Waals surface area contributed by atoms with E-state index in [0.29, 0.717) is 11.6 Å². The summed E-state index contributed by atoms with van der Waals surface area (Å²) in [6.07, 6.45) is 1.76. The number of hydrogen-bond acceptors (Lipinski definition) is 2. The third-order valence-electron chi connectivity index (χ3n) is 3.86. The molecule has 74 valence electrons. The number of nitrogens with one attached hydrogen (secondary N) is 1. The fourth-order valence-corrected chi connectivity index (χ4v) is 2.97. The van der Waals surface area contributed by atoms with Gasteiger partial charge in [-0.2, -0.15) is 0 Å². The molecule has 2 aliphatic rings. The Morgan fingerprint density at radius 2 is 2.21 bits per heavy atom. The fraction of sp³-hybridized carbons (Fsp3) is 0.500. The summed E-state index contributed by atoms with van der Waals surface area (Å²) in [6.45, 7) is 3.57. The van der Waals surface area contributed by atoms with Crippen LogP contribution < -0.4 is 5.32 Å². The largest absolute Gasteiger partial charge is 0.369 e. The highest BCUT2D eigenvalue weighted by atomic mass is 15.3. The lowest BCUT2D eigenvalue weighted by Crippen LogP contribution is -2.39. The molecule has 0 radical (unpaired) electrons. The number of likely N-dealkylation sites (N-methyl/N-ethyl adjacent to an activating group) is 1. The van der Waals surface area contributed by atoms with Gasteiger partial charge in [-0.3, -0.25) is 4.90 Å². The SMILES string of the molecule is CN1CC[C@]2(C)c3ccccc3N[C@H]12. The molecule has 14 heavy (non-hydrogen) atoms. The van der Waals surface area contributed by atoms with Gasteiger partial charge in [0.15, 0.2) is 0 Å². The fourth-order valence-electron chi connectivity index (χ4n) is 2.97. The van der Waals surface area contributed by atoms with Crippen molar-refractivity contribution in [3.8, 4) is 0 Å². The number of fused-ring (bicyclic) bond motifs is 3. The van der Waals surface area contributed by atoms with Crippen LogP contribution in [0, 0.1) is 0 Å². The van der Waals surface area contributed by atoms with Gasteiger partial charge >= 0.3 is 0 Å². The van der Waals surface area contributed by atoms with Gasteiger partial charge in [0.2, 0.25) is 0 Å². The number of anilines is 1. The maximum atomic E-state index is 3.61. The van der Waals surface area contributed by atoms with E-state index in [0.717, 1.165) is 0 Å². The third kappa shape index (κ3) is 0.845. The van der Waals surface area contributed by atoms with E-state index in [4.69, 9.17) is 0 Å². The van der Waals surface area contributed by atoms with Crippen LogP contribution in [0.5, 0.6) is 0 Å². The standard InChI is InChI=1S/C12H16N2/c1-12-7-8-14(2)11(12)13-10-6-4-3-5-9(10)12/h3-6,11,13H,7-8H2,1-2H3/t11-,12-/m1/s1. The summed E-state index contributed by atoms with van der Waals surface area (Å²) in [6, 6.07) is 8.71. The Kier molecular flexibility index (Phi) is 1.49. The summed E-state index contributed by atoms with van der Waals surface area (Å²) in [4.78, 5) is 2.42. The Morgan fingerprint density at radius 1 is 1.43 bits per heavy atom. The molecule has 0 aromatic heterocycles. The molecule has 2 heterocycles. The zero-order valence-corrected chi connectivity index (χ0v) is 8.75. The summed E-state index contributed by atoms with van der Waals surface area (Å²) in [5.74, 6) is 0. The van der Waals surface area contributed by atoms with E-state index >= 15 is 0 Å². The molecular formula is C12H16N2. The van der Waals surface area contributed by atoms with E-state index in [2.05, 4.69) is 48.5 Å². The second-order valence-electron chi connectivity index (χ2n) is 4.74. The second kappa shape index (κ2) is 2.51. The normalized spacial score (nSPS) is 35.1. The number of para-hydroxylation sites is 1. The van der Waals surface area contributed by atoms with Gasteiger partial charge in [-0.15, -0.1) is 0 Å². The molecule has 0 saturated carbocycles. The van der Waals surface area contributed by atoms with Gasteiger partial charge in [0.05, 0.1) is 6.17 Å². The molecule has 2 atom stereocenters. The molecule has 0 aliphatic carbocycles. The average Bonchev–Trinajstić information content (AvgIpc) is 2.64. The van der Waals surface area contributed by atoms with E-state index < -0.39 is 0 Å². The van der Waals surface area contributed by atoms with Crippen molar-refractivity contribution in [3.63, 3.8) is 0 Å². The van der Waals surface area contributed by atoms with Crippen molar-refractivity contribution in [3.05, 3.63) is 29.8 Å². The minimum Gasteiger partial charge on any atom is -0.369 e. The van der Waals surface area contributed by atoms with Crippen LogP contribution in [0.15, 0.2) is 24.3 Å². The lowest BCUT2D eigenvalue weighted by Gasteiger charge is -2.26. The van der Waals surface area contributed by atoms with Gasteiger partial charge in [0.25, 0.3) is 0 Å². The van der Waals surface area contributed by atoms with E-state index in [1.54, 1.807) is 0 Å². The molecule has 1 saturated heterocycles. The quantitative estimate of drug-likeness (QED) is 0.670. The van der Waals surface area contributed by atoms with Crippen molar-refractivity contribution < 1.29 is 0 Å². The first kappa shape index (κ1) is 8.30. The Balaban J connectivity index is 2.14. The average molecular weight is 188 g/mol. The molecule has 0 unspecified atom stereocenters. The molecular weight excluding hydrogens is 172 g/mol. The number of nitrogens with zero attached hydrogens (tertiary/aromatic N) is 1. The number of likely N-dealkylation sites (tertiary alicyclic amines) is 1. The summed E-state index contributed by atoms with van der Waals surface area (Å²) >= 11 is 0. The van der Waals surface area contributed by atoms with Crippen LogP contribution >= 0.6 is 0 Å². The maximum Gasteiger partial charge on any atom is 0.0888 e. The first-order valence-corrected chi connectivity index (χ1v) is 5.28. The van der Waals surface area contributed by atoms with Crippen LogP contribution in [-0.4, -0.2) is 24.7 Å². The topological polar surface area (TPSA) is 15.3 Å². The molecule has 0 bridgehead atoms. The van der Waals surface area contributed by atoms with Crippen molar-refractivity contribution in [1.82, 2.24) is 4.90 Å². The van der Waals surface area contributed by atoms with Crippen LogP contribution in [0.3, 0.4) is 0 Å². The monoisotopic (exact) mass is 188 g/mol. The molecule has 1 fully saturated rings. The van der Waals surface area contributed by atoms with Gasteiger partial charge < -0.3 is 5.32 Å². The van der Waals surface area contributed by atoms with E-state index in [1.807, 2.05) is 0 Å². The van der Waals surface area contributed by atoms with Crippen molar-refractivity contribution >= 4 is 5.69 Å². The molecule has 0 spiro atoms. The molecule has 2 aliphatic heterocycles. The minimum absolute atomic E-state index is 0.325. The van der Waals surface area contributed by atoms with E-state index in [-0.39, 0.29) is 0 Å². The predicted octanol–water partition coefficient (Wildman–Crippen LogP) is 2.03. The zero-order chi connectivity index (χ0) is 9.76. The third-order valence-corrected chi connectivity index (χ3v) is 3.86. The number of rotatable bonds is 0. The predicted molar refractivity (Wildman–Crippen MR) is 58.5 cm³/mol. The highest BCUT2D eigenvalue weighted by Crippen LogP contribution is 2.47. The minimum atomic E-state index is 0.325. The van der Waals surface area contributed by atoms with Crippen molar-refractivity contribution in [2.75, 3.05) is 18.9 Å². The van der Waals surface area contributed by atoms with Crippen molar-refractivity contribution in [1.29, 1.82) is 0 Å². The molecule has 3 rings (SSSR count). The van der Waals surface area contributed by atoms with Gasteiger partial charge in [0, 0.05) is 17.6 Å². The number of benzene rings is 1. The zero-order valence-electron chi connectivity index (χ0n) is 8.75.